The van der Waals surface area contributed by atoms with Crippen molar-refractivity contribution in [2.75, 3.05) is 13.7 Å². The summed E-state index contributed by atoms with van der Waals surface area (Å²) in [5.74, 6) is -2.32. The quantitative estimate of drug-likeness (QED) is 0.730. The van der Waals surface area contributed by atoms with Crippen molar-refractivity contribution in [2.45, 2.75) is 6.54 Å². The molecule has 118 valence electrons. The van der Waals surface area contributed by atoms with Gasteiger partial charge in [0.25, 0.3) is 11.8 Å². The van der Waals surface area contributed by atoms with Gasteiger partial charge in [0.05, 0.1) is 30.5 Å². The van der Waals surface area contributed by atoms with Gasteiger partial charge in [0, 0.05) is 7.11 Å². The third kappa shape index (κ3) is 2.69. The molecule has 23 heavy (non-hydrogen) atoms. The summed E-state index contributed by atoms with van der Waals surface area (Å²) in [4.78, 5) is 41.1. The maximum atomic E-state index is 12.1. The lowest BCUT2D eigenvalue weighted by Crippen LogP contribution is -2.32. The maximum Gasteiger partial charge on any atom is 0.385 e. The van der Waals surface area contributed by atoms with E-state index in [-0.39, 0.29) is 16.8 Å². The standard InChI is InChI=1S/C14H12N4O5/c1-22-7-6-17-8-11(15-16-17)14(21)23-18-12(19)9-4-2-3-5-10(9)13(18)20/h2-5,8H,6-7H2,1H3. The normalized spacial score (nSPS) is 13.3. The number of methoxy groups -OCH3 is 1. The van der Waals surface area contributed by atoms with Gasteiger partial charge in [-0.1, -0.05) is 22.4 Å². The van der Waals surface area contributed by atoms with E-state index in [1.54, 1.807) is 12.1 Å². The molecule has 1 aromatic heterocycles. The fourth-order valence-electron chi connectivity index (χ4n) is 2.07. The van der Waals surface area contributed by atoms with Gasteiger partial charge in [0.1, 0.15) is 0 Å². The molecule has 0 radical (unpaired) electrons. The zero-order valence-corrected chi connectivity index (χ0v) is 12.1. The molecule has 0 spiro atoms. The summed E-state index contributed by atoms with van der Waals surface area (Å²) in [6.07, 6.45) is 1.35. The van der Waals surface area contributed by atoms with Crippen molar-refractivity contribution in [3.63, 3.8) is 0 Å². The summed E-state index contributed by atoms with van der Waals surface area (Å²) in [7, 11) is 1.54. The van der Waals surface area contributed by atoms with Gasteiger partial charge in [-0.05, 0) is 12.1 Å². The topological polar surface area (TPSA) is 104 Å². The Morgan fingerprint density at radius 1 is 1.17 bits per heavy atom. The van der Waals surface area contributed by atoms with Crippen molar-refractivity contribution < 1.29 is 24.0 Å². The van der Waals surface area contributed by atoms with E-state index < -0.39 is 17.8 Å². The van der Waals surface area contributed by atoms with Crippen molar-refractivity contribution in [3.8, 4) is 0 Å². The molecule has 0 bridgehead atoms. The van der Waals surface area contributed by atoms with Gasteiger partial charge in [0.2, 0.25) is 0 Å². The molecule has 2 amide bonds. The van der Waals surface area contributed by atoms with Crippen LogP contribution >= 0.6 is 0 Å². The number of fused-ring (bicyclic) bond motifs is 1. The fraction of sp³-hybridized carbons (Fsp3) is 0.214. The molecular formula is C14H12N4O5. The number of carbonyl (C=O) groups excluding carboxylic acids is 3. The number of ether oxygens (including phenoxy) is 1. The van der Waals surface area contributed by atoms with E-state index in [0.29, 0.717) is 18.2 Å². The number of hydroxylamine groups is 2. The first-order valence-corrected chi connectivity index (χ1v) is 6.71. The predicted molar refractivity (Wildman–Crippen MR) is 74.3 cm³/mol. The molecule has 0 fully saturated rings. The number of rotatable bonds is 5. The number of aromatic nitrogens is 3. The fourth-order valence-corrected chi connectivity index (χ4v) is 2.07. The van der Waals surface area contributed by atoms with E-state index >= 15 is 0 Å². The number of hydrogen-bond acceptors (Lipinski definition) is 7. The molecule has 3 rings (SSSR count). The number of benzene rings is 1. The number of amides is 2. The van der Waals surface area contributed by atoms with Crippen LogP contribution in [0.4, 0.5) is 0 Å². The van der Waals surface area contributed by atoms with E-state index in [4.69, 9.17) is 9.57 Å². The molecule has 2 aromatic rings. The number of imide groups is 1. The summed E-state index contributed by atoms with van der Waals surface area (Å²) in [5, 5.41) is 7.80. The third-order valence-corrected chi connectivity index (χ3v) is 3.20. The Morgan fingerprint density at radius 3 is 2.43 bits per heavy atom. The van der Waals surface area contributed by atoms with Crippen molar-refractivity contribution in [2.24, 2.45) is 0 Å². The lowest BCUT2D eigenvalue weighted by atomic mass is 10.1. The molecular weight excluding hydrogens is 304 g/mol. The Morgan fingerprint density at radius 2 is 1.83 bits per heavy atom. The maximum absolute atomic E-state index is 12.1. The van der Waals surface area contributed by atoms with E-state index in [1.165, 1.54) is 30.1 Å². The predicted octanol–water partition coefficient (Wildman–Crippen LogP) is 0.292. The molecule has 9 heteroatoms. The van der Waals surface area contributed by atoms with Crippen LogP contribution in [0.1, 0.15) is 31.2 Å². The second kappa shape index (κ2) is 5.97. The minimum atomic E-state index is -0.942. The van der Waals surface area contributed by atoms with Crippen LogP contribution in [-0.4, -0.2) is 51.6 Å². The average molecular weight is 316 g/mol. The van der Waals surface area contributed by atoms with Crippen LogP contribution in [0.5, 0.6) is 0 Å². The zero-order chi connectivity index (χ0) is 16.4. The van der Waals surface area contributed by atoms with Gasteiger partial charge in [-0.25, -0.2) is 9.48 Å². The van der Waals surface area contributed by atoms with Crippen LogP contribution < -0.4 is 0 Å². The van der Waals surface area contributed by atoms with Gasteiger partial charge in [-0.3, -0.25) is 9.59 Å². The minimum Gasteiger partial charge on any atom is -0.383 e. The molecule has 0 saturated heterocycles. The second-order valence-corrected chi connectivity index (χ2v) is 4.69. The summed E-state index contributed by atoms with van der Waals surface area (Å²) in [6, 6.07) is 6.22. The zero-order valence-electron chi connectivity index (χ0n) is 12.1. The number of carbonyl (C=O) groups is 3. The summed E-state index contributed by atoms with van der Waals surface area (Å²) < 4.78 is 6.28. The first-order valence-electron chi connectivity index (χ1n) is 6.71. The molecule has 0 atom stereocenters. The molecule has 1 aliphatic heterocycles. The van der Waals surface area contributed by atoms with Crippen LogP contribution in [-0.2, 0) is 16.1 Å². The van der Waals surface area contributed by atoms with E-state index in [2.05, 4.69) is 10.3 Å². The van der Waals surface area contributed by atoms with Gasteiger partial charge in [-0.2, -0.15) is 0 Å². The van der Waals surface area contributed by atoms with Gasteiger partial charge in [-0.15, -0.1) is 5.10 Å². The van der Waals surface area contributed by atoms with Gasteiger partial charge in [0.15, 0.2) is 5.69 Å². The van der Waals surface area contributed by atoms with Crippen molar-refractivity contribution in [3.05, 3.63) is 47.3 Å². The van der Waals surface area contributed by atoms with Crippen LogP contribution in [0, 0.1) is 0 Å². The Hall–Kier alpha value is -3.07. The summed E-state index contributed by atoms with van der Waals surface area (Å²) in [5.41, 5.74) is 0.265. The van der Waals surface area contributed by atoms with Crippen molar-refractivity contribution in [1.82, 2.24) is 20.1 Å². The van der Waals surface area contributed by atoms with Crippen molar-refractivity contribution in [1.29, 1.82) is 0 Å². The third-order valence-electron chi connectivity index (χ3n) is 3.20. The SMILES string of the molecule is COCCn1cc(C(=O)ON2C(=O)c3ccccc3C2=O)nn1. The number of hydrogen-bond donors (Lipinski definition) is 0. The number of nitrogens with zero attached hydrogens (tertiary/aromatic N) is 4. The first-order chi connectivity index (χ1) is 11.1. The molecule has 2 heterocycles. The second-order valence-electron chi connectivity index (χ2n) is 4.69. The molecule has 0 saturated carbocycles. The van der Waals surface area contributed by atoms with E-state index in [1.807, 2.05) is 0 Å². The summed E-state index contributed by atoms with van der Waals surface area (Å²) >= 11 is 0. The Labute approximate surface area is 130 Å². The van der Waals surface area contributed by atoms with Crippen molar-refractivity contribution >= 4 is 17.8 Å². The Bertz CT molecular complexity index is 750. The van der Waals surface area contributed by atoms with Crippen LogP contribution in [0.25, 0.3) is 0 Å². The van der Waals surface area contributed by atoms with E-state index in [0.717, 1.165) is 0 Å². The van der Waals surface area contributed by atoms with E-state index in [9.17, 15) is 14.4 Å². The highest BCUT2D eigenvalue weighted by molar-refractivity contribution is 6.21. The molecule has 9 nitrogen and oxygen atoms in total. The minimum absolute atomic E-state index is 0.113. The van der Waals surface area contributed by atoms with Crippen LogP contribution in [0.15, 0.2) is 30.5 Å². The highest BCUT2D eigenvalue weighted by Gasteiger charge is 2.39. The molecule has 0 N–H and O–H groups in total. The summed E-state index contributed by atoms with van der Waals surface area (Å²) in [6.45, 7) is 0.806. The molecule has 1 aliphatic rings. The molecule has 0 unspecified atom stereocenters. The highest BCUT2D eigenvalue weighted by atomic mass is 16.7. The molecule has 0 aliphatic carbocycles. The van der Waals surface area contributed by atoms with Gasteiger partial charge < -0.3 is 9.57 Å². The molecule has 1 aromatic carbocycles. The smallest absolute Gasteiger partial charge is 0.383 e. The average Bonchev–Trinajstić information content (AvgIpc) is 3.13. The lowest BCUT2D eigenvalue weighted by molar-refractivity contribution is -0.0588. The largest absolute Gasteiger partial charge is 0.385 e. The Balaban J connectivity index is 1.73. The van der Waals surface area contributed by atoms with Crippen LogP contribution in [0.2, 0.25) is 0 Å². The monoisotopic (exact) mass is 316 g/mol. The highest BCUT2D eigenvalue weighted by Crippen LogP contribution is 2.23. The Kier molecular flexibility index (Phi) is 3.85. The first kappa shape index (κ1) is 14.9. The van der Waals surface area contributed by atoms with Gasteiger partial charge >= 0.3 is 5.97 Å². The van der Waals surface area contributed by atoms with Crippen LogP contribution in [0.3, 0.4) is 0 Å². The lowest BCUT2D eigenvalue weighted by Gasteiger charge is -2.11.